The number of carbonyl (C=O) groups is 1. The Morgan fingerprint density at radius 1 is 1.35 bits per heavy atom. The summed E-state index contributed by atoms with van der Waals surface area (Å²) < 4.78 is 5.23. The minimum atomic E-state index is -0.133. The van der Waals surface area contributed by atoms with Crippen LogP contribution in [0.3, 0.4) is 0 Å². The molecule has 1 aromatic rings. The van der Waals surface area contributed by atoms with E-state index in [0.717, 1.165) is 5.56 Å². The van der Waals surface area contributed by atoms with Gasteiger partial charge in [0.15, 0.2) is 0 Å². The van der Waals surface area contributed by atoms with Crippen molar-refractivity contribution in [3.8, 4) is 0 Å². The molecule has 0 aromatic heterocycles. The Bertz CT molecular complexity index is 379. The maximum Gasteiger partial charge on any atom is 0.246 e. The van der Waals surface area contributed by atoms with E-state index in [2.05, 4.69) is 5.32 Å². The van der Waals surface area contributed by atoms with Crippen LogP contribution in [0.2, 0.25) is 5.02 Å². The van der Waals surface area contributed by atoms with Crippen LogP contribution in [0.15, 0.2) is 24.3 Å². The topological polar surface area (TPSA) is 38.3 Å². The van der Waals surface area contributed by atoms with Crippen molar-refractivity contribution in [3.63, 3.8) is 0 Å². The van der Waals surface area contributed by atoms with Gasteiger partial charge in [0.25, 0.3) is 0 Å². The highest BCUT2D eigenvalue weighted by Gasteiger charge is 2.12. The molecule has 0 aliphatic carbocycles. The number of hydrogen-bond acceptors (Lipinski definition) is 2. The summed E-state index contributed by atoms with van der Waals surface area (Å²) in [4.78, 5) is 11.6. The fourth-order valence-corrected chi connectivity index (χ4v) is 1.73. The quantitative estimate of drug-likeness (QED) is 0.879. The molecule has 4 heteroatoms. The van der Waals surface area contributed by atoms with E-state index in [1.807, 2.05) is 45.0 Å². The maximum atomic E-state index is 11.6. The van der Waals surface area contributed by atoms with Crippen molar-refractivity contribution in [1.82, 2.24) is 5.32 Å². The minimum Gasteiger partial charge on any atom is -0.369 e. The smallest absolute Gasteiger partial charge is 0.246 e. The number of rotatable bonds is 5. The van der Waals surface area contributed by atoms with E-state index in [1.54, 1.807) is 0 Å². The van der Waals surface area contributed by atoms with Gasteiger partial charge in [-0.1, -0.05) is 29.8 Å². The van der Waals surface area contributed by atoms with Gasteiger partial charge in [0.1, 0.15) is 6.61 Å². The van der Waals surface area contributed by atoms with Crippen molar-refractivity contribution >= 4 is 17.5 Å². The molecular weight excluding hydrogens is 238 g/mol. The Hall–Kier alpha value is -1.06. The van der Waals surface area contributed by atoms with Crippen LogP contribution in [-0.2, 0) is 9.53 Å². The lowest BCUT2D eigenvalue weighted by Gasteiger charge is -2.16. The minimum absolute atomic E-state index is 0.0522. The lowest BCUT2D eigenvalue weighted by Crippen LogP contribution is -2.31. The summed E-state index contributed by atoms with van der Waals surface area (Å²) in [7, 11) is 0. The first-order chi connectivity index (χ1) is 8.00. The average molecular weight is 256 g/mol. The molecule has 1 rings (SSSR count). The Balaban J connectivity index is 2.52. The molecular formula is C13H18ClNO2. The summed E-state index contributed by atoms with van der Waals surface area (Å²) in [5.41, 5.74) is 0.909. The first kappa shape index (κ1) is 14.0. The van der Waals surface area contributed by atoms with Gasteiger partial charge in [-0.2, -0.15) is 0 Å². The third kappa shape index (κ3) is 4.75. The molecule has 3 nitrogen and oxygen atoms in total. The SMILES string of the molecule is CC(C)OCC(=O)N[C@H](C)c1ccccc1Cl. The summed E-state index contributed by atoms with van der Waals surface area (Å²) >= 11 is 6.05. The number of halogens is 1. The van der Waals surface area contributed by atoms with E-state index in [-0.39, 0.29) is 24.7 Å². The molecule has 0 fully saturated rings. The summed E-state index contributed by atoms with van der Waals surface area (Å²) in [5.74, 6) is -0.133. The van der Waals surface area contributed by atoms with Crippen LogP contribution in [0.25, 0.3) is 0 Å². The molecule has 0 aliphatic heterocycles. The number of benzene rings is 1. The second-order valence-electron chi connectivity index (χ2n) is 4.17. The van der Waals surface area contributed by atoms with Gasteiger partial charge in [-0.3, -0.25) is 4.79 Å². The maximum absolute atomic E-state index is 11.6. The number of carbonyl (C=O) groups excluding carboxylic acids is 1. The Morgan fingerprint density at radius 3 is 2.59 bits per heavy atom. The average Bonchev–Trinajstić information content (AvgIpc) is 2.26. The van der Waals surface area contributed by atoms with Crippen molar-refractivity contribution in [3.05, 3.63) is 34.9 Å². The molecule has 0 unspecified atom stereocenters. The third-order valence-electron chi connectivity index (χ3n) is 2.30. The van der Waals surface area contributed by atoms with Gasteiger partial charge in [-0.05, 0) is 32.4 Å². The molecule has 0 bridgehead atoms. The highest BCUT2D eigenvalue weighted by atomic mass is 35.5. The summed E-state index contributed by atoms with van der Waals surface area (Å²) in [6, 6.07) is 7.35. The molecule has 17 heavy (non-hydrogen) atoms. The first-order valence-corrected chi connectivity index (χ1v) is 6.04. The standard InChI is InChI=1S/C13H18ClNO2/c1-9(2)17-8-13(16)15-10(3)11-6-4-5-7-12(11)14/h4-7,9-10H,8H2,1-3H3,(H,15,16)/t10-/m1/s1. The monoisotopic (exact) mass is 255 g/mol. The predicted molar refractivity (Wildman–Crippen MR) is 69.1 cm³/mol. The Morgan fingerprint density at radius 2 is 2.00 bits per heavy atom. The highest BCUT2D eigenvalue weighted by molar-refractivity contribution is 6.31. The van der Waals surface area contributed by atoms with Crippen molar-refractivity contribution in [1.29, 1.82) is 0 Å². The number of amides is 1. The van der Waals surface area contributed by atoms with E-state index in [1.165, 1.54) is 0 Å². The van der Waals surface area contributed by atoms with E-state index in [0.29, 0.717) is 5.02 Å². The van der Waals surface area contributed by atoms with Gasteiger partial charge in [-0.25, -0.2) is 0 Å². The first-order valence-electron chi connectivity index (χ1n) is 5.66. The third-order valence-corrected chi connectivity index (χ3v) is 2.64. The zero-order valence-corrected chi connectivity index (χ0v) is 11.1. The van der Waals surface area contributed by atoms with Gasteiger partial charge < -0.3 is 10.1 Å². The molecule has 94 valence electrons. The predicted octanol–water partition coefficient (Wildman–Crippen LogP) is 2.94. The largest absolute Gasteiger partial charge is 0.369 e. The van der Waals surface area contributed by atoms with Crippen LogP contribution in [0.5, 0.6) is 0 Å². The van der Waals surface area contributed by atoms with Crippen LogP contribution in [0.4, 0.5) is 0 Å². The van der Waals surface area contributed by atoms with Crippen LogP contribution >= 0.6 is 11.6 Å². The van der Waals surface area contributed by atoms with Gasteiger partial charge in [0.05, 0.1) is 12.1 Å². The van der Waals surface area contributed by atoms with Crippen molar-refractivity contribution in [2.24, 2.45) is 0 Å². The lowest BCUT2D eigenvalue weighted by atomic mass is 10.1. The molecule has 1 amide bonds. The molecule has 0 spiro atoms. The molecule has 1 N–H and O–H groups in total. The number of hydrogen-bond donors (Lipinski definition) is 1. The van der Waals surface area contributed by atoms with Gasteiger partial charge in [0, 0.05) is 5.02 Å². The molecule has 1 atom stereocenters. The zero-order valence-electron chi connectivity index (χ0n) is 10.4. The fraction of sp³-hybridized carbons (Fsp3) is 0.462. The van der Waals surface area contributed by atoms with Crippen LogP contribution in [0.1, 0.15) is 32.4 Å². The molecule has 0 heterocycles. The Labute approximate surface area is 107 Å². The molecule has 0 saturated carbocycles. The molecule has 0 radical (unpaired) electrons. The number of ether oxygens (including phenoxy) is 1. The van der Waals surface area contributed by atoms with Crippen LogP contribution in [0, 0.1) is 0 Å². The zero-order chi connectivity index (χ0) is 12.8. The van der Waals surface area contributed by atoms with Gasteiger partial charge in [0.2, 0.25) is 5.91 Å². The lowest BCUT2D eigenvalue weighted by molar-refractivity contribution is -0.127. The van der Waals surface area contributed by atoms with Crippen molar-refractivity contribution in [2.75, 3.05) is 6.61 Å². The van der Waals surface area contributed by atoms with E-state index >= 15 is 0 Å². The van der Waals surface area contributed by atoms with E-state index in [4.69, 9.17) is 16.3 Å². The van der Waals surface area contributed by atoms with Crippen LogP contribution in [-0.4, -0.2) is 18.6 Å². The van der Waals surface area contributed by atoms with Gasteiger partial charge >= 0.3 is 0 Å². The second-order valence-corrected chi connectivity index (χ2v) is 4.58. The number of nitrogens with one attached hydrogen (secondary N) is 1. The Kier molecular flexibility index (Phi) is 5.45. The van der Waals surface area contributed by atoms with Crippen LogP contribution < -0.4 is 5.32 Å². The summed E-state index contributed by atoms with van der Waals surface area (Å²) in [6.45, 7) is 5.76. The molecule has 0 aliphatic rings. The molecule has 0 saturated heterocycles. The normalized spacial score (nSPS) is 12.5. The summed E-state index contributed by atoms with van der Waals surface area (Å²) in [6.07, 6.45) is 0.0522. The van der Waals surface area contributed by atoms with Gasteiger partial charge in [-0.15, -0.1) is 0 Å². The van der Waals surface area contributed by atoms with Crippen molar-refractivity contribution < 1.29 is 9.53 Å². The molecule has 1 aromatic carbocycles. The van der Waals surface area contributed by atoms with E-state index < -0.39 is 0 Å². The fourth-order valence-electron chi connectivity index (χ4n) is 1.43. The highest BCUT2D eigenvalue weighted by Crippen LogP contribution is 2.21. The van der Waals surface area contributed by atoms with Crippen molar-refractivity contribution in [2.45, 2.75) is 32.9 Å². The van der Waals surface area contributed by atoms with E-state index in [9.17, 15) is 4.79 Å². The second kappa shape index (κ2) is 6.62. The summed E-state index contributed by atoms with van der Waals surface area (Å²) in [5, 5.41) is 3.50.